The van der Waals surface area contributed by atoms with Crippen molar-refractivity contribution in [2.24, 2.45) is 0 Å². The van der Waals surface area contributed by atoms with Crippen molar-refractivity contribution < 1.29 is 19.4 Å². The number of carbonyl (C=O) groups is 1. The molecular formula is C21H25NO4. The first-order valence-corrected chi connectivity index (χ1v) is 8.81. The molecule has 26 heavy (non-hydrogen) atoms. The van der Waals surface area contributed by atoms with Gasteiger partial charge in [-0.2, -0.15) is 0 Å². The van der Waals surface area contributed by atoms with E-state index in [1.807, 2.05) is 36.4 Å². The number of morpholine rings is 1. The first kappa shape index (κ1) is 18.4. The summed E-state index contributed by atoms with van der Waals surface area (Å²) >= 11 is 0. The minimum absolute atomic E-state index is 0.0402. The summed E-state index contributed by atoms with van der Waals surface area (Å²) in [5, 5.41) is 9.17. The van der Waals surface area contributed by atoms with Crippen LogP contribution in [0.3, 0.4) is 0 Å². The van der Waals surface area contributed by atoms with E-state index in [4.69, 9.17) is 14.6 Å². The minimum Gasteiger partial charge on any atom is -0.491 e. The fourth-order valence-electron chi connectivity index (χ4n) is 3.39. The van der Waals surface area contributed by atoms with Crippen LogP contribution in [0.5, 0.6) is 5.75 Å². The van der Waals surface area contributed by atoms with Gasteiger partial charge in [0.2, 0.25) is 0 Å². The van der Waals surface area contributed by atoms with E-state index >= 15 is 0 Å². The van der Waals surface area contributed by atoms with Crippen molar-refractivity contribution in [1.82, 2.24) is 4.90 Å². The molecule has 2 aromatic carbocycles. The van der Waals surface area contributed by atoms with Gasteiger partial charge in [0.25, 0.3) is 0 Å². The molecule has 0 amide bonds. The van der Waals surface area contributed by atoms with Crippen molar-refractivity contribution in [2.45, 2.75) is 32.1 Å². The second kappa shape index (κ2) is 7.89. The third kappa shape index (κ3) is 5.07. The van der Waals surface area contributed by atoms with Gasteiger partial charge in [0.1, 0.15) is 18.5 Å². The average molecular weight is 355 g/mol. The first-order valence-electron chi connectivity index (χ1n) is 8.81. The van der Waals surface area contributed by atoms with E-state index in [0.717, 1.165) is 24.4 Å². The maximum absolute atomic E-state index is 11.2. The Kier molecular flexibility index (Phi) is 5.59. The second-order valence-electron chi connectivity index (χ2n) is 7.30. The van der Waals surface area contributed by atoms with Crippen LogP contribution < -0.4 is 4.74 Å². The topological polar surface area (TPSA) is 59.0 Å². The molecule has 0 radical (unpaired) electrons. The maximum atomic E-state index is 11.2. The maximum Gasteiger partial charge on any atom is 0.335 e. The number of benzene rings is 2. The second-order valence-corrected chi connectivity index (χ2v) is 7.30. The van der Waals surface area contributed by atoms with E-state index in [1.165, 1.54) is 0 Å². The highest BCUT2D eigenvalue weighted by atomic mass is 16.5. The Balaban J connectivity index is 1.64. The SMILES string of the molecule is CC1(C)CN(Cc2cccc(C(=O)O)c2)CC(COc2ccccc2)O1. The fourth-order valence-corrected chi connectivity index (χ4v) is 3.39. The van der Waals surface area contributed by atoms with Gasteiger partial charge in [0.15, 0.2) is 0 Å². The van der Waals surface area contributed by atoms with Crippen molar-refractivity contribution in [3.8, 4) is 5.75 Å². The Morgan fingerprint density at radius 1 is 1.23 bits per heavy atom. The molecule has 5 heteroatoms. The number of para-hydroxylation sites is 1. The summed E-state index contributed by atoms with van der Waals surface area (Å²) in [5.74, 6) is -0.0662. The van der Waals surface area contributed by atoms with Crippen molar-refractivity contribution in [3.63, 3.8) is 0 Å². The number of carboxylic acid groups (broad SMARTS) is 1. The molecule has 3 rings (SSSR count). The highest BCUT2D eigenvalue weighted by molar-refractivity contribution is 5.87. The van der Waals surface area contributed by atoms with Gasteiger partial charge in [-0.1, -0.05) is 30.3 Å². The fraction of sp³-hybridized carbons (Fsp3) is 0.381. The zero-order valence-electron chi connectivity index (χ0n) is 15.2. The lowest BCUT2D eigenvalue weighted by atomic mass is 10.0. The molecule has 1 unspecified atom stereocenters. The summed E-state index contributed by atoms with van der Waals surface area (Å²) < 4.78 is 12.0. The van der Waals surface area contributed by atoms with Gasteiger partial charge in [-0.05, 0) is 43.7 Å². The van der Waals surface area contributed by atoms with Gasteiger partial charge in [-0.25, -0.2) is 4.79 Å². The molecule has 0 bridgehead atoms. The van der Waals surface area contributed by atoms with Crippen LogP contribution in [-0.2, 0) is 11.3 Å². The van der Waals surface area contributed by atoms with Crippen LogP contribution in [0.1, 0.15) is 29.8 Å². The Labute approximate surface area is 154 Å². The zero-order valence-corrected chi connectivity index (χ0v) is 15.2. The highest BCUT2D eigenvalue weighted by Gasteiger charge is 2.33. The lowest BCUT2D eigenvalue weighted by molar-refractivity contribution is -0.147. The summed E-state index contributed by atoms with van der Waals surface area (Å²) in [6, 6.07) is 16.8. The largest absolute Gasteiger partial charge is 0.491 e. The first-order chi connectivity index (χ1) is 12.4. The van der Waals surface area contributed by atoms with Gasteiger partial charge >= 0.3 is 5.97 Å². The van der Waals surface area contributed by atoms with Gasteiger partial charge in [0.05, 0.1) is 11.2 Å². The van der Waals surface area contributed by atoms with Gasteiger partial charge < -0.3 is 14.6 Å². The van der Waals surface area contributed by atoms with Crippen molar-refractivity contribution in [2.75, 3.05) is 19.7 Å². The van der Waals surface area contributed by atoms with E-state index < -0.39 is 5.97 Å². The Morgan fingerprint density at radius 3 is 2.73 bits per heavy atom. The number of rotatable bonds is 6. The Hall–Kier alpha value is -2.37. The standard InChI is InChI=1S/C21H25NO4/c1-21(2)15-22(12-16-7-6-8-17(11-16)20(23)24)13-19(26-21)14-25-18-9-4-3-5-10-18/h3-11,19H,12-15H2,1-2H3,(H,23,24). The van der Waals surface area contributed by atoms with Crippen LogP contribution in [0.2, 0.25) is 0 Å². The van der Waals surface area contributed by atoms with Gasteiger partial charge in [0, 0.05) is 19.6 Å². The molecule has 1 heterocycles. The molecule has 1 fully saturated rings. The molecule has 0 aromatic heterocycles. The summed E-state index contributed by atoms with van der Waals surface area (Å²) in [5.41, 5.74) is 1.03. The molecule has 0 saturated carbocycles. The van der Waals surface area contributed by atoms with E-state index in [0.29, 0.717) is 18.7 Å². The zero-order chi connectivity index (χ0) is 18.6. The summed E-state index contributed by atoms with van der Waals surface area (Å²) in [6.07, 6.45) is -0.0402. The van der Waals surface area contributed by atoms with Crippen LogP contribution in [0, 0.1) is 0 Å². The molecule has 1 atom stereocenters. The van der Waals surface area contributed by atoms with Crippen LogP contribution >= 0.6 is 0 Å². The average Bonchev–Trinajstić information content (AvgIpc) is 2.60. The molecule has 1 saturated heterocycles. The molecule has 1 N–H and O–H groups in total. The quantitative estimate of drug-likeness (QED) is 0.860. The van der Waals surface area contributed by atoms with Crippen LogP contribution in [0.15, 0.2) is 54.6 Å². The molecule has 2 aromatic rings. The lowest BCUT2D eigenvalue weighted by Gasteiger charge is -2.42. The van der Waals surface area contributed by atoms with Gasteiger partial charge in [-0.3, -0.25) is 4.90 Å². The van der Waals surface area contributed by atoms with E-state index in [2.05, 4.69) is 18.7 Å². The minimum atomic E-state index is -0.900. The third-order valence-corrected chi connectivity index (χ3v) is 4.31. The van der Waals surface area contributed by atoms with Crippen LogP contribution in [-0.4, -0.2) is 47.4 Å². The number of carboxylic acids is 1. The summed E-state index contributed by atoms with van der Waals surface area (Å²) in [6.45, 7) is 6.85. The van der Waals surface area contributed by atoms with Crippen LogP contribution in [0.4, 0.5) is 0 Å². The van der Waals surface area contributed by atoms with E-state index in [1.54, 1.807) is 18.2 Å². The monoisotopic (exact) mass is 355 g/mol. The number of aromatic carboxylic acids is 1. The lowest BCUT2D eigenvalue weighted by Crippen LogP contribution is -2.53. The molecule has 0 aliphatic carbocycles. The van der Waals surface area contributed by atoms with Crippen molar-refractivity contribution in [3.05, 3.63) is 65.7 Å². The summed E-state index contributed by atoms with van der Waals surface area (Å²) in [7, 11) is 0. The predicted molar refractivity (Wildman–Crippen MR) is 99.6 cm³/mol. The normalized spacial score (nSPS) is 19.8. The number of ether oxygens (including phenoxy) is 2. The van der Waals surface area contributed by atoms with Crippen molar-refractivity contribution in [1.29, 1.82) is 0 Å². The Morgan fingerprint density at radius 2 is 2.00 bits per heavy atom. The summed E-state index contributed by atoms with van der Waals surface area (Å²) in [4.78, 5) is 13.5. The van der Waals surface area contributed by atoms with E-state index in [9.17, 15) is 4.79 Å². The van der Waals surface area contributed by atoms with Crippen molar-refractivity contribution >= 4 is 5.97 Å². The number of hydrogen-bond donors (Lipinski definition) is 1. The highest BCUT2D eigenvalue weighted by Crippen LogP contribution is 2.23. The molecule has 1 aliphatic rings. The number of nitrogens with zero attached hydrogens (tertiary/aromatic N) is 1. The number of hydrogen-bond acceptors (Lipinski definition) is 4. The molecule has 138 valence electrons. The molecule has 5 nitrogen and oxygen atoms in total. The predicted octanol–water partition coefficient (Wildman–Crippen LogP) is 3.44. The Bertz CT molecular complexity index is 745. The molecule has 1 aliphatic heterocycles. The molecular weight excluding hydrogens is 330 g/mol. The smallest absolute Gasteiger partial charge is 0.335 e. The van der Waals surface area contributed by atoms with Gasteiger partial charge in [-0.15, -0.1) is 0 Å². The van der Waals surface area contributed by atoms with Crippen LogP contribution in [0.25, 0.3) is 0 Å². The third-order valence-electron chi connectivity index (χ3n) is 4.31. The molecule has 0 spiro atoms. The van der Waals surface area contributed by atoms with E-state index in [-0.39, 0.29) is 11.7 Å².